The molecule has 0 aliphatic carbocycles. The van der Waals surface area contributed by atoms with Gasteiger partial charge in [-0.1, -0.05) is 52.3 Å². The van der Waals surface area contributed by atoms with Gasteiger partial charge in [0, 0.05) is 50.8 Å². The fraction of sp³-hybridized carbons (Fsp3) is 0.579. The number of Topliss-reactive ketones (excluding diaryl/α,β-unsaturated/α-hetero) is 2. The lowest BCUT2D eigenvalue weighted by Crippen LogP contribution is -2.48. The molecule has 8 N–H and O–H groups in total. The number of carbonyl (C=O) groups excluding carboxylic acids is 5. The molecule has 1 rings (SSSR count). The van der Waals surface area contributed by atoms with E-state index in [9.17, 15) is 68.4 Å². The van der Waals surface area contributed by atoms with Crippen molar-refractivity contribution in [1.29, 1.82) is 0 Å². The Bertz CT molecular complexity index is 1610. The zero-order chi connectivity index (χ0) is 44.3. The first-order chi connectivity index (χ1) is 27.9. The van der Waals surface area contributed by atoms with Crippen LogP contribution in [0.5, 0.6) is 0 Å². The van der Waals surface area contributed by atoms with Gasteiger partial charge in [-0.05, 0) is 36.8 Å². The molecule has 0 bridgehead atoms. The summed E-state index contributed by atoms with van der Waals surface area (Å²) in [6.07, 6.45) is -1.07. The number of unbranched alkanes of at least 4 members (excludes halogenated alkanes) is 2. The summed E-state index contributed by atoms with van der Waals surface area (Å²) >= 11 is 0. The summed E-state index contributed by atoms with van der Waals surface area (Å²) in [5.74, 6) is -11.6. The first kappa shape index (κ1) is 52.0. The van der Waals surface area contributed by atoms with E-state index in [0.29, 0.717) is 49.2 Å². The van der Waals surface area contributed by atoms with Crippen LogP contribution in [0.15, 0.2) is 24.3 Å². The summed E-state index contributed by atoms with van der Waals surface area (Å²) in [5, 5.41) is 53.8. The average molecular weight is 872 g/mol. The SMILES string of the molecule is COCCSSC[C@H](NC(=O)[C@H](CC(=O)O)CC(=O)[C@H](CC(=O)O)NC(=O)Cc1ccc(CC(=O)NCCCC[C@H](CC(=O)CCCCC(=O)O)C(=O)O)cc1)C(=O)O. The second kappa shape index (κ2) is 29.2. The molecule has 0 saturated heterocycles. The Morgan fingerprint density at radius 3 is 1.80 bits per heavy atom. The van der Waals surface area contributed by atoms with E-state index in [0.717, 1.165) is 10.8 Å². The normalized spacial score (nSPS) is 12.9. The fourth-order valence-corrected chi connectivity index (χ4v) is 7.58. The number of ketones is 2. The zero-order valence-electron chi connectivity index (χ0n) is 32.7. The van der Waals surface area contributed by atoms with Gasteiger partial charge >= 0.3 is 29.8 Å². The molecule has 3 amide bonds. The van der Waals surface area contributed by atoms with Gasteiger partial charge in [0.15, 0.2) is 5.78 Å². The molecule has 0 radical (unpaired) electrons. The van der Waals surface area contributed by atoms with E-state index in [4.69, 9.17) is 9.84 Å². The van der Waals surface area contributed by atoms with Crippen LogP contribution in [0.2, 0.25) is 0 Å². The third kappa shape index (κ3) is 24.5. The number of aliphatic carboxylic acids is 5. The van der Waals surface area contributed by atoms with Crippen LogP contribution in [0.3, 0.4) is 0 Å². The Morgan fingerprint density at radius 1 is 0.627 bits per heavy atom. The van der Waals surface area contributed by atoms with Crippen molar-refractivity contribution in [3.8, 4) is 0 Å². The maximum absolute atomic E-state index is 13.2. The van der Waals surface area contributed by atoms with Crippen molar-refractivity contribution in [2.75, 3.05) is 31.8 Å². The molecule has 0 aromatic heterocycles. The van der Waals surface area contributed by atoms with Crippen molar-refractivity contribution in [1.82, 2.24) is 16.0 Å². The van der Waals surface area contributed by atoms with E-state index >= 15 is 0 Å². The standard InChI is InChI=1S/C38H53N3O16S2/c1-57-14-15-58-59-22-29(38(55)56)41-36(52)26(20-34(48)49)19-30(43)28(21-35(50)51)40-32(45)17-24-11-9-23(10-12-24)16-31(44)39-13-5-4-6-25(37(53)54)18-27(42)7-2-3-8-33(46)47/h9-12,25-26,28-29H,2-8,13-22H2,1H3,(H,39,44)(H,40,45)(H,41,52)(H,46,47)(H,48,49)(H,50,51)(H,53,54)(H,55,56)/t25-,26+,28+,29+/m1/s1. The molecule has 1 aromatic carbocycles. The molecule has 0 saturated carbocycles. The number of carboxylic acid groups (broad SMARTS) is 5. The summed E-state index contributed by atoms with van der Waals surface area (Å²) in [6.45, 7) is 0.674. The lowest BCUT2D eigenvalue weighted by molar-refractivity contribution is -0.145. The number of nitrogens with one attached hydrogen (secondary N) is 3. The predicted molar refractivity (Wildman–Crippen MR) is 213 cm³/mol. The van der Waals surface area contributed by atoms with Crippen molar-refractivity contribution in [3.05, 3.63) is 35.4 Å². The number of ether oxygens (including phenoxy) is 1. The summed E-state index contributed by atoms with van der Waals surface area (Å²) in [4.78, 5) is 121. The van der Waals surface area contributed by atoms with Crippen molar-refractivity contribution >= 4 is 80.7 Å². The highest BCUT2D eigenvalue weighted by Gasteiger charge is 2.32. The van der Waals surface area contributed by atoms with Crippen LogP contribution >= 0.6 is 21.6 Å². The van der Waals surface area contributed by atoms with Gasteiger partial charge in [-0.2, -0.15) is 0 Å². The van der Waals surface area contributed by atoms with Gasteiger partial charge in [0.25, 0.3) is 0 Å². The number of amides is 3. The first-order valence-electron chi connectivity index (χ1n) is 18.7. The fourth-order valence-electron chi connectivity index (χ4n) is 5.52. The lowest BCUT2D eigenvalue weighted by Gasteiger charge is -2.21. The number of hydrogen-bond acceptors (Lipinski definition) is 13. The Balaban J connectivity index is 2.68. The molecule has 1 aromatic rings. The van der Waals surface area contributed by atoms with E-state index in [1.807, 2.05) is 0 Å². The van der Waals surface area contributed by atoms with Crippen LogP contribution in [0.25, 0.3) is 0 Å². The third-order valence-corrected chi connectivity index (χ3v) is 11.0. The van der Waals surface area contributed by atoms with E-state index in [1.54, 1.807) is 24.3 Å². The number of carbonyl (C=O) groups is 10. The summed E-state index contributed by atoms with van der Waals surface area (Å²) < 4.78 is 4.91. The maximum Gasteiger partial charge on any atom is 0.327 e. The molecule has 0 heterocycles. The first-order valence-corrected chi connectivity index (χ1v) is 21.2. The number of rotatable bonds is 34. The Kier molecular flexibility index (Phi) is 25.8. The quantitative estimate of drug-likeness (QED) is 0.0362. The summed E-state index contributed by atoms with van der Waals surface area (Å²) in [5.41, 5.74) is 1.04. The molecule has 19 nitrogen and oxygen atoms in total. The second-order valence-corrected chi connectivity index (χ2v) is 16.2. The van der Waals surface area contributed by atoms with Crippen molar-refractivity contribution in [2.24, 2.45) is 11.8 Å². The third-order valence-electron chi connectivity index (χ3n) is 8.62. The molecule has 328 valence electrons. The van der Waals surface area contributed by atoms with Crippen LogP contribution in [-0.2, 0) is 65.5 Å². The topological polar surface area (TPSA) is 317 Å². The minimum Gasteiger partial charge on any atom is -0.481 e. The van der Waals surface area contributed by atoms with Crippen molar-refractivity contribution < 1.29 is 78.2 Å². The minimum absolute atomic E-state index is 0.0136. The molecule has 0 aliphatic rings. The highest BCUT2D eigenvalue weighted by molar-refractivity contribution is 8.76. The van der Waals surface area contributed by atoms with Crippen LogP contribution in [-0.4, -0.2) is 129 Å². The zero-order valence-corrected chi connectivity index (χ0v) is 34.3. The Hall–Kier alpha value is -5.02. The van der Waals surface area contributed by atoms with Crippen LogP contribution in [0.4, 0.5) is 0 Å². The van der Waals surface area contributed by atoms with Crippen molar-refractivity contribution in [3.63, 3.8) is 0 Å². The van der Waals surface area contributed by atoms with Gasteiger partial charge in [0.05, 0.1) is 50.2 Å². The Labute approximate surface area is 348 Å². The highest BCUT2D eigenvalue weighted by atomic mass is 33.1. The molecule has 21 heteroatoms. The molecule has 0 aliphatic heterocycles. The molecular formula is C38H53N3O16S2. The van der Waals surface area contributed by atoms with Crippen molar-refractivity contribution in [2.45, 2.75) is 95.6 Å². The number of benzene rings is 1. The smallest absolute Gasteiger partial charge is 0.327 e. The van der Waals surface area contributed by atoms with E-state index in [2.05, 4.69) is 16.0 Å². The largest absolute Gasteiger partial charge is 0.481 e. The maximum atomic E-state index is 13.2. The number of methoxy groups -OCH3 is 1. The number of hydrogen-bond donors (Lipinski definition) is 8. The predicted octanol–water partition coefficient (Wildman–Crippen LogP) is 1.97. The summed E-state index contributed by atoms with van der Waals surface area (Å²) in [7, 11) is 3.93. The van der Waals surface area contributed by atoms with E-state index in [1.165, 1.54) is 17.9 Å². The van der Waals surface area contributed by atoms with E-state index < -0.39 is 90.6 Å². The van der Waals surface area contributed by atoms with Gasteiger partial charge in [0.1, 0.15) is 11.8 Å². The summed E-state index contributed by atoms with van der Waals surface area (Å²) in [6, 6.07) is 3.24. The molecule has 0 fully saturated rings. The van der Waals surface area contributed by atoms with Gasteiger partial charge in [-0.15, -0.1) is 0 Å². The lowest BCUT2D eigenvalue weighted by atomic mass is 9.93. The average Bonchev–Trinajstić information content (AvgIpc) is 3.14. The van der Waals surface area contributed by atoms with Gasteiger partial charge in [0.2, 0.25) is 17.7 Å². The van der Waals surface area contributed by atoms with Crippen LogP contribution < -0.4 is 16.0 Å². The van der Waals surface area contributed by atoms with Gasteiger partial charge in [-0.3, -0.25) is 43.2 Å². The highest BCUT2D eigenvalue weighted by Crippen LogP contribution is 2.22. The molecular weight excluding hydrogens is 819 g/mol. The molecule has 59 heavy (non-hydrogen) atoms. The van der Waals surface area contributed by atoms with Gasteiger partial charge < -0.3 is 46.2 Å². The molecule has 4 atom stereocenters. The van der Waals surface area contributed by atoms with E-state index in [-0.39, 0.29) is 62.5 Å². The Morgan fingerprint density at radius 2 is 1.24 bits per heavy atom. The minimum atomic E-state index is -1.63. The van der Waals surface area contributed by atoms with Gasteiger partial charge in [-0.25, -0.2) is 4.79 Å². The monoisotopic (exact) mass is 871 g/mol. The molecule has 0 unspecified atom stereocenters. The number of carboxylic acids is 5. The second-order valence-electron chi connectivity index (χ2n) is 13.6. The van der Waals surface area contributed by atoms with Crippen LogP contribution in [0, 0.1) is 11.8 Å². The van der Waals surface area contributed by atoms with Crippen LogP contribution in [0.1, 0.15) is 81.8 Å². The molecule has 0 spiro atoms.